The number of nitrogens with zero attached hydrogens (tertiary/aromatic N) is 2. The highest BCUT2D eigenvalue weighted by Crippen LogP contribution is 2.19. The van der Waals surface area contributed by atoms with Gasteiger partial charge in [-0.15, -0.1) is 11.8 Å². The molecular formula is C10H15N3O2S2. The monoisotopic (exact) mass is 273 g/mol. The molecule has 5 nitrogen and oxygen atoms in total. The van der Waals surface area contributed by atoms with Crippen molar-refractivity contribution in [3.63, 3.8) is 0 Å². The Morgan fingerprint density at radius 3 is 3.00 bits per heavy atom. The largest absolute Gasteiger partial charge is 0.370 e. The van der Waals surface area contributed by atoms with E-state index >= 15 is 0 Å². The molecule has 94 valence electrons. The summed E-state index contributed by atoms with van der Waals surface area (Å²) in [6, 6.07) is 1.87. The van der Waals surface area contributed by atoms with E-state index in [1.54, 1.807) is 11.8 Å². The van der Waals surface area contributed by atoms with Crippen LogP contribution in [0.3, 0.4) is 0 Å². The van der Waals surface area contributed by atoms with Gasteiger partial charge in [-0.25, -0.2) is 18.4 Å². The van der Waals surface area contributed by atoms with Crippen molar-refractivity contribution in [2.75, 3.05) is 29.6 Å². The number of anilines is 1. The predicted molar refractivity (Wildman–Crippen MR) is 69.1 cm³/mol. The van der Waals surface area contributed by atoms with Crippen LogP contribution >= 0.6 is 11.8 Å². The number of hydrogen-bond acceptors (Lipinski definition) is 6. The molecule has 0 amide bonds. The van der Waals surface area contributed by atoms with Crippen LogP contribution in [0.5, 0.6) is 0 Å². The van der Waals surface area contributed by atoms with E-state index in [0.29, 0.717) is 18.1 Å². The molecule has 1 aliphatic rings. The molecule has 1 aromatic rings. The van der Waals surface area contributed by atoms with Gasteiger partial charge in [-0.2, -0.15) is 0 Å². The summed E-state index contributed by atoms with van der Waals surface area (Å²) < 4.78 is 22.6. The lowest BCUT2D eigenvalue weighted by Gasteiger charge is -2.10. The molecule has 1 aliphatic heterocycles. The summed E-state index contributed by atoms with van der Waals surface area (Å²) in [7, 11) is -2.79. The summed E-state index contributed by atoms with van der Waals surface area (Å²) in [6.45, 7) is 0.657. The highest BCUT2D eigenvalue weighted by molar-refractivity contribution is 7.98. The third-order valence-corrected chi connectivity index (χ3v) is 5.23. The number of thioether (sulfide) groups is 1. The predicted octanol–water partition coefficient (Wildman–Crippen LogP) is 1.05. The van der Waals surface area contributed by atoms with Gasteiger partial charge in [0.1, 0.15) is 17.2 Å². The molecule has 0 aromatic carbocycles. The third-order valence-electron chi connectivity index (χ3n) is 2.75. The number of rotatable bonds is 4. The Bertz CT molecular complexity index is 490. The van der Waals surface area contributed by atoms with Crippen LogP contribution < -0.4 is 5.32 Å². The van der Waals surface area contributed by atoms with Gasteiger partial charge in [0.2, 0.25) is 0 Å². The van der Waals surface area contributed by atoms with Gasteiger partial charge in [0.15, 0.2) is 9.84 Å². The van der Waals surface area contributed by atoms with E-state index in [0.717, 1.165) is 17.3 Å². The minimum Gasteiger partial charge on any atom is -0.370 e. The Labute approximate surface area is 105 Å². The average molecular weight is 273 g/mol. The van der Waals surface area contributed by atoms with Gasteiger partial charge in [0, 0.05) is 12.6 Å². The van der Waals surface area contributed by atoms with Crippen LogP contribution in [0, 0.1) is 5.92 Å². The Morgan fingerprint density at radius 2 is 2.35 bits per heavy atom. The quantitative estimate of drug-likeness (QED) is 0.653. The number of hydrogen-bond donors (Lipinski definition) is 1. The van der Waals surface area contributed by atoms with E-state index < -0.39 is 9.84 Å². The van der Waals surface area contributed by atoms with Gasteiger partial charge in [-0.1, -0.05) is 0 Å². The minimum absolute atomic E-state index is 0.202. The molecule has 2 rings (SSSR count). The van der Waals surface area contributed by atoms with Gasteiger partial charge in [0.25, 0.3) is 0 Å². The standard InChI is InChI=1S/C10H15N3O2S2/c1-16-10-4-9(12-7-13-10)11-5-8-2-3-17(14,15)6-8/h4,7-8H,2-3,5-6H2,1H3,(H,11,12,13). The first kappa shape index (κ1) is 12.6. The third kappa shape index (κ3) is 3.57. The SMILES string of the molecule is CSc1cc(NCC2CCS(=O)(=O)C2)ncn1. The summed E-state index contributed by atoms with van der Waals surface area (Å²) in [6.07, 6.45) is 4.21. The molecule has 1 fully saturated rings. The molecule has 1 N–H and O–H groups in total. The Morgan fingerprint density at radius 1 is 1.53 bits per heavy atom. The van der Waals surface area contributed by atoms with E-state index in [1.165, 1.54) is 6.33 Å². The second-order valence-electron chi connectivity index (χ2n) is 4.10. The highest BCUT2D eigenvalue weighted by Gasteiger charge is 2.27. The first-order valence-electron chi connectivity index (χ1n) is 5.39. The lowest BCUT2D eigenvalue weighted by atomic mass is 10.1. The van der Waals surface area contributed by atoms with Gasteiger partial charge < -0.3 is 5.32 Å². The van der Waals surface area contributed by atoms with Gasteiger partial charge in [-0.3, -0.25) is 0 Å². The highest BCUT2D eigenvalue weighted by atomic mass is 32.2. The summed E-state index contributed by atoms with van der Waals surface area (Å²) in [5.41, 5.74) is 0. The normalized spacial score (nSPS) is 22.5. The molecule has 1 aromatic heterocycles. The van der Waals surface area contributed by atoms with E-state index in [4.69, 9.17) is 0 Å². The summed E-state index contributed by atoms with van der Waals surface area (Å²) in [5, 5.41) is 4.07. The topological polar surface area (TPSA) is 72.0 Å². The molecule has 1 atom stereocenters. The van der Waals surface area contributed by atoms with Crippen LogP contribution in [-0.4, -0.2) is 42.7 Å². The summed E-state index contributed by atoms with van der Waals surface area (Å²) in [5.74, 6) is 1.57. The lowest BCUT2D eigenvalue weighted by Crippen LogP contribution is -2.16. The molecule has 0 radical (unpaired) electrons. The fourth-order valence-corrected chi connectivity index (χ4v) is 4.07. The zero-order valence-corrected chi connectivity index (χ0v) is 11.2. The fraction of sp³-hybridized carbons (Fsp3) is 0.600. The van der Waals surface area contributed by atoms with Crippen molar-refractivity contribution in [1.82, 2.24) is 9.97 Å². The van der Waals surface area contributed by atoms with E-state index in [9.17, 15) is 8.42 Å². The fourth-order valence-electron chi connectivity index (χ4n) is 1.83. The Kier molecular flexibility index (Phi) is 3.88. The molecule has 17 heavy (non-hydrogen) atoms. The van der Waals surface area contributed by atoms with Crippen LogP contribution in [0.2, 0.25) is 0 Å². The molecule has 1 unspecified atom stereocenters. The maximum atomic E-state index is 11.3. The molecule has 0 saturated carbocycles. The first-order chi connectivity index (χ1) is 8.09. The molecule has 1 saturated heterocycles. The zero-order valence-electron chi connectivity index (χ0n) is 9.59. The van der Waals surface area contributed by atoms with Crippen molar-refractivity contribution in [2.45, 2.75) is 11.4 Å². The van der Waals surface area contributed by atoms with Gasteiger partial charge in [-0.05, 0) is 18.6 Å². The van der Waals surface area contributed by atoms with Crippen molar-refractivity contribution in [3.05, 3.63) is 12.4 Å². The van der Waals surface area contributed by atoms with E-state index in [2.05, 4.69) is 15.3 Å². The Balaban J connectivity index is 1.90. The molecule has 0 aliphatic carbocycles. The lowest BCUT2D eigenvalue weighted by molar-refractivity contribution is 0.595. The summed E-state index contributed by atoms with van der Waals surface area (Å²) >= 11 is 1.55. The summed E-state index contributed by atoms with van der Waals surface area (Å²) in [4.78, 5) is 8.18. The molecule has 0 spiro atoms. The van der Waals surface area contributed by atoms with Crippen LogP contribution in [0.15, 0.2) is 17.4 Å². The van der Waals surface area contributed by atoms with Crippen LogP contribution in [0.1, 0.15) is 6.42 Å². The minimum atomic E-state index is -2.79. The molecule has 2 heterocycles. The molecule has 0 bridgehead atoms. The van der Waals surface area contributed by atoms with Crippen LogP contribution in [0.4, 0.5) is 5.82 Å². The molecular weight excluding hydrogens is 258 g/mol. The number of nitrogens with one attached hydrogen (secondary N) is 1. The number of aromatic nitrogens is 2. The van der Waals surface area contributed by atoms with Crippen molar-refractivity contribution >= 4 is 27.4 Å². The van der Waals surface area contributed by atoms with Crippen molar-refractivity contribution in [1.29, 1.82) is 0 Å². The van der Waals surface area contributed by atoms with Gasteiger partial charge in [0.05, 0.1) is 11.5 Å². The zero-order chi connectivity index (χ0) is 12.3. The maximum absolute atomic E-state index is 11.3. The smallest absolute Gasteiger partial charge is 0.150 e. The van der Waals surface area contributed by atoms with E-state index in [-0.39, 0.29) is 5.92 Å². The van der Waals surface area contributed by atoms with Crippen molar-refractivity contribution < 1.29 is 8.42 Å². The maximum Gasteiger partial charge on any atom is 0.150 e. The Hall–Kier alpha value is -0.820. The van der Waals surface area contributed by atoms with Crippen molar-refractivity contribution in [2.24, 2.45) is 5.92 Å². The second kappa shape index (κ2) is 5.22. The second-order valence-corrected chi connectivity index (χ2v) is 7.15. The van der Waals surface area contributed by atoms with Crippen LogP contribution in [-0.2, 0) is 9.84 Å². The van der Waals surface area contributed by atoms with Crippen molar-refractivity contribution in [3.8, 4) is 0 Å². The van der Waals surface area contributed by atoms with Crippen LogP contribution in [0.25, 0.3) is 0 Å². The average Bonchev–Trinajstić information content (AvgIpc) is 2.67. The first-order valence-corrected chi connectivity index (χ1v) is 8.44. The molecule has 7 heteroatoms. The van der Waals surface area contributed by atoms with Gasteiger partial charge >= 0.3 is 0 Å². The van der Waals surface area contributed by atoms with E-state index in [1.807, 2.05) is 12.3 Å². The number of sulfone groups is 1.